The van der Waals surface area contributed by atoms with Crippen LogP contribution in [0.15, 0.2) is 63.8 Å². The number of fused-ring (bicyclic) bond motifs is 1. The monoisotopic (exact) mass is 654 g/mol. The fourth-order valence-corrected chi connectivity index (χ4v) is 4.76. The Bertz CT molecular complexity index is 1950. The average Bonchev–Trinajstić information content (AvgIpc) is 3.01. The van der Waals surface area contributed by atoms with Gasteiger partial charge < -0.3 is 64.2 Å². The van der Waals surface area contributed by atoms with E-state index in [4.69, 9.17) is 23.4 Å². The topological polar surface area (TPSA) is 263 Å². The highest BCUT2D eigenvalue weighted by Gasteiger charge is 2.51. The smallest absolute Gasteiger partial charge is 0.337 e. The summed E-state index contributed by atoms with van der Waals surface area (Å²) in [4.78, 5) is 38.3. The zero-order chi connectivity index (χ0) is 34.2. The van der Waals surface area contributed by atoms with Crippen LogP contribution in [0.4, 0.5) is 0 Å². The predicted octanol–water partition coefficient (Wildman–Crippen LogP) is 1.53. The van der Waals surface area contributed by atoms with Gasteiger partial charge in [0.05, 0.1) is 7.11 Å². The number of phenolic OH excluding ortho intramolecular Hbond substituents is 5. The SMILES string of the molecule is COc1ccc(C=CC(=O)OC2C(C(=O)O)OC(Oc3c(-c4ccc(O)c(O)c4)oc4cc(O)cc(O)c4c3=O)C(O)C2O)cc1O. The molecule has 1 saturated heterocycles. The van der Waals surface area contributed by atoms with Crippen LogP contribution in [0, 0.1) is 0 Å². The summed E-state index contributed by atoms with van der Waals surface area (Å²) in [6.07, 6.45) is -8.50. The van der Waals surface area contributed by atoms with E-state index in [2.05, 4.69) is 0 Å². The molecule has 2 heterocycles. The summed E-state index contributed by atoms with van der Waals surface area (Å²) in [5.41, 5.74) is -1.22. The summed E-state index contributed by atoms with van der Waals surface area (Å²) in [5.74, 6) is -6.65. The number of aliphatic carboxylic acids is 1. The number of carbonyl (C=O) groups is 2. The van der Waals surface area contributed by atoms with Gasteiger partial charge in [0.25, 0.3) is 0 Å². The number of phenols is 5. The number of aromatic hydroxyl groups is 5. The molecule has 5 rings (SSSR count). The molecule has 0 amide bonds. The number of carbonyl (C=O) groups excluding carboxylic acids is 1. The maximum absolute atomic E-state index is 13.6. The quantitative estimate of drug-likeness (QED) is 0.0760. The Morgan fingerprint density at radius 3 is 2.28 bits per heavy atom. The number of aliphatic hydroxyl groups is 2. The van der Waals surface area contributed by atoms with Crippen molar-refractivity contribution in [1.82, 2.24) is 0 Å². The van der Waals surface area contributed by atoms with E-state index in [9.17, 15) is 55.2 Å². The summed E-state index contributed by atoms with van der Waals surface area (Å²) in [7, 11) is 1.34. The zero-order valence-electron chi connectivity index (χ0n) is 24.0. The van der Waals surface area contributed by atoms with Gasteiger partial charge in [-0.1, -0.05) is 6.07 Å². The Morgan fingerprint density at radius 2 is 1.62 bits per heavy atom. The van der Waals surface area contributed by atoms with Crippen molar-refractivity contribution in [2.24, 2.45) is 0 Å². The van der Waals surface area contributed by atoms with Crippen molar-refractivity contribution in [1.29, 1.82) is 0 Å². The number of carboxylic acids is 1. The molecule has 1 aliphatic heterocycles. The molecule has 1 aromatic heterocycles. The van der Waals surface area contributed by atoms with E-state index >= 15 is 0 Å². The normalized spacial score (nSPS) is 21.0. The van der Waals surface area contributed by atoms with Crippen molar-refractivity contribution in [2.75, 3.05) is 7.11 Å². The van der Waals surface area contributed by atoms with Crippen LogP contribution >= 0.6 is 0 Å². The second kappa shape index (κ2) is 12.8. The Morgan fingerprint density at radius 1 is 0.872 bits per heavy atom. The lowest BCUT2D eigenvalue weighted by molar-refractivity contribution is -0.274. The molecule has 1 aliphatic rings. The van der Waals surface area contributed by atoms with Gasteiger partial charge in [-0.3, -0.25) is 4.79 Å². The van der Waals surface area contributed by atoms with Crippen LogP contribution in [0.1, 0.15) is 5.56 Å². The van der Waals surface area contributed by atoms with E-state index in [-0.39, 0.29) is 22.6 Å². The minimum atomic E-state index is -2.16. The van der Waals surface area contributed by atoms with Crippen LogP contribution in [-0.4, -0.2) is 90.6 Å². The first-order valence-electron chi connectivity index (χ1n) is 13.5. The van der Waals surface area contributed by atoms with Gasteiger partial charge >= 0.3 is 11.9 Å². The molecule has 47 heavy (non-hydrogen) atoms. The molecule has 246 valence electrons. The van der Waals surface area contributed by atoms with Crippen molar-refractivity contribution in [3.05, 3.63) is 70.4 Å². The third-order valence-electron chi connectivity index (χ3n) is 7.04. The minimum absolute atomic E-state index is 0.0958. The molecule has 16 heteroatoms. The van der Waals surface area contributed by atoms with Crippen molar-refractivity contribution >= 4 is 29.0 Å². The lowest BCUT2D eigenvalue weighted by atomic mass is 9.98. The molecular weight excluding hydrogens is 628 g/mol. The van der Waals surface area contributed by atoms with Gasteiger partial charge in [0.15, 0.2) is 41.0 Å². The number of hydrogen-bond donors (Lipinski definition) is 8. The van der Waals surface area contributed by atoms with Crippen molar-refractivity contribution in [2.45, 2.75) is 30.7 Å². The molecule has 0 spiro atoms. The van der Waals surface area contributed by atoms with E-state index in [0.717, 1.165) is 30.3 Å². The van der Waals surface area contributed by atoms with Crippen LogP contribution in [0.3, 0.4) is 0 Å². The lowest BCUT2D eigenvalue weighted by Crippen LogP contribution is -2.62. The Balaban J connectivity index is 1.46. The predicted molar refractivity (Wildman–Crippen MR) is 157 cm³/mol. The molecule has 0 aliphatic carbocycles. The third-order valence-corrected chi connectivity index (χ3v) is 7.04. The standard InChI is InChI=1S/C31H26O16/c1-43-19-6-2-12(8-17(19)35)3-7-21(37)45-28-24(39)25(40)31(47-29(28)30(41)42)46-27-23(38)22-18(36)10-14(32)11-20(22)44-26(27)13-4-5-15(33)16(34)9-13/h2-11,24-25,28-29,31-36,39-40H,1H3,(H,41,42). The molecule has 1 fully saturated rings. The van der Waals surface area contributed by atoms with Crippen LogP contribution in [0.5, 0.6) is 40.2 Å². The van der Waals surface area contributed by atoms with Crippen LogP contribution in [-0.2, 0) is 19.1 Å². The average molecular weight is 655 g/mol. The number of benzene rings is 3. The van der Waals surface area contributed by atoms with Gasteiger partial charge in [-0.2, -0.15) is 0 Å². The first-order valence-corrected chi connectivity index (χ1v) is 13.5. The molecule has 3 aromatic carbocycles. The number of hydrogen-bond acceptors (Lipinski definition) is 15. The molecule has 0 bridgehead atoms. The van der Waals surface area contributed by atoms with Gasteiger partial charge in [0.2, 0.25) is 17.5 Å². The fraction of sp³-hybridized carbons (Fsp3) is 0.194. The molecular formula is C31H26O16. The molecule has 0 saturated carbocycles. The summed E-state index contributed by atoms with van der Waals surface area (Å²) in [5, 5.41) is 81.0. The number of aliphatic hydroxyl groups excluding tert-OH is 2. The van der Waals surface area contributed by atoms with Gasteiger partial charge in [0.1, 0.15) is 34.7 Å². The third kappa shape index (κ3) is 6.41. The first kappa shape index (κ1) is 32.4. The summed E-state index contributed by atoms with van der Waals surface area (Å²) >= 11 is 0. The van der Waals surface area contributed by atoms with E-state index in [1.54, 1.807) is 0 Å². The summed E-state index contributed by atoms with van der Waals surface area (Å²) < 4.78 is 26.7. The highest BCUT2D eigenvalue weighted by molar-refractivity contribution is 5.89. The molecule has 16 nitrogen and oxygen atoms in total. The Kier molecular flexibility index (Phi) is 8.83. The van der Waals surface area contributed by atoms with E-state index in [0.29, 0.717) is 5.56 Å². The minimum Gasteiger partial charge on any atom is -0.508 e. The number of rotatable bonds is 8. The van der Waals surface area contributed by atoms with Crippen LogP contribution in [0.25, 0.3) is 28.4 Å². The maximum atomic E-state index is 13.6. The zero-order valence-corrected chi connectivity index (χ0v) is 24.0. The Labute approximate surface area is 262 Å². The summed E-state index contributed by atoms with van der Waals surface area (Å²) in [6.45, 7) is 0. The van der Waals surface area contributed by atoms with Crippen molar-refractivity contribution in [3.8, 4) is 51.6 Å². The van der Waals surface area contributed by atoms with E-state index < -0.39 is 88.0 Å². The fourth-order valence-electron chi connectivity index (χ4n) is 4.76. The van der Waals surface area contributed by atoms with Crippen molar-refractivity contribution in [3.63, 3.8) is 0 Å². The van der Waals surface area contributed by atoms with Gasteiger partial charge in [0, 0.05) is 23.8 Å². The van der Waals surface area contributed by atoms with Crippen molar-refractivity contribution < 1.29 is 73.8 Å². The summed E-state index contributed by atoms with van der Waals surface area (Å²) in [6, 6.07) is 9.21. The second-order valence-corrected chi connectivity index (χ2v) is 10.2. The molecule has 0 radical (unpaired) electrons. The number of esters is 1. The van der Waals surface area contributed by atoms with Crippen LogP contribution in [0.2, 0.25) is 0 Å². The van der Waals surface area contributed by atoms with E-state index in [1.165, 1.54) is 37.5 Å². The number of ether oxygens (including phenoxy) is 4. The van der Waals surface area contributed by atoms with E-state index in [1.807, 2.05) is 0 Å². The van der Waals surface area contributed by atoms with Gasteiger partial charge in [-0.05, 0) is 42.0 Å². The highest BCUT2D eigenvalue weighted by atomic mass is 16.7. The maximum Gasteiger partial charge on any atom is 0.337 e. The molecule has 5 atom stereocenters. The largest absolute Gasteiger partial charge is 0.508 e. The molecule has 4 aromatic rings. The number of methoxy groups -OCH3 is 1. The molecule has 8 N–H and O–H groups in total. The number of carboxylic acid groups (broad SMARTS) is 1. The Hall–Kier alpha value is -5.97. The second-order valence-electron chi connectivity index (χ2n) is 10.2. The molecule has 5 unspecified atom stereocenters. The highest BCUT2D eigenvalue weighted by Crippen LogP contribution is 2.39. The lowest BCUT2D eigenvalue weighted by Gasteiger charge is -2.39. The van der Waals surface area contributed by atoms with Gasteiger partial charge in [-0.25, -0.2) is 9.59 Å². The van der Waals surface area contributed by atoms with Gasteiger partial charge in [-0.15, -0.1) is 0 Å². The van der Waals surface area contributed by atoms with Crippen LogP contribution < -0.4 is 14.9 Å². The first-order chi connectivity index (χ1) is 22.3.